The predicted octanol–water partition coefficient (Wildman–Crippen LogP) is 3.80. The van der Waals surface area contributed by atoms with Gasteiger partial charge in [-0.25, -0.2) is 0 Å². The summed E-state index contributed by atoms with van der Waals surface area (Å²) < 4.78 is 6.57. The number of unbranched alkanes of at least 4 members (excludes halogenated alkanes) is 13. The molecule has 0 atom stereocenters. The van der Waals surface area contributed by atoms with Gasteiger partial charge in [0.05, 0.1) is 33.9 Å². The SMILES string of the molecule is CCCCCCCCCCCCCCCC[N+](C)(C)CCOCCCl.[Cl-]. The molecule has 4 heteroatoms. The lowest BCUT2D eigenvalue weighted by atomic mass is 10.0. The number of hydrogen-bond acceptors (Lipinski definition) is 1. The van der Waals surface area contributed by atoms with Gasteiger partial charge < -0.3 is 21.6 Å². The third-order valence-corrected chi connectivity index (χ3v) is 5.33. The van der Waals surface area contributed by atoms with Crippen molar-refractivity contribution in [2.75, 3.05) is 46.3 Å². The second-order valence-electron chi connectivity index (χ2n) is 8.28. The van der Waals surface area contributed by atoms with Crippen LogP contribution in [-0.2, 0) is 4.74 Å². The standard InChI is InChI=1S/C22H47ClNO.ClH/c1-4-5-6-7-8-9-10-11-12-13-14-15-16-17-19-24(2,3)20-22-25-21-18-23;/h4-22H2,1-3H3;1H/q+1;/p-1. The third-order valence-electron chi connectivity index (χ3n) is 5.18. The van der Waals surface area contributed by atoms with E-state index in [4.69, 9.17) is 16.3 Å². The molecule has 2 nitrogen and oxygen atoms in total. The molecule has 0 heterocycles. The third kappa shape index (κ3) is 22.5. The van der Waals surface area contributed by atoms with Gasteiger partial charge in [-0.2, -0.15) is 0 Å². The lowest BCUT2D eigenvalue weighted by Gasteiger charge is -2.29. The molecule has 0 saturated carbocycles. The molecular formula is C22H47Cl2NO. The highest BCUT2D eigenvalue weighted by Gasteiger charge is 2.13. The van der Waals surface area contributed by atoms with Crippen molar-refractivity contribution in [2.45, 2.75) is 96.8 Å². The summed E-state index contributed by atoms with van der Waals surface area (Å²) in [5.74, 6) is 0.604. The van der Waals surface area contributed by atoms with Gasteiger partial charge in [-0.3, -0.25) is 0 Å². The minimum atomic E-state index is 0. The van der Waals surface area contributed by atoms with Crippen molar-refractivity contribution in [3.63, 3.8) is 0 Å². The van der Waals surface area contributed by atoms with Gasteiger partial charge in [-0.1, -0.05) is 84.0 Å². The fraction of sp³-hybridized carbons (Fsp3) is 1.00. The van der Waals surface area contributed by atoms with Crippen LogP contribution >= 0.6 is 11.6 Å². The maximum absolute atomic E-state index is 5.62. The summed E-state index contributed by atoms with van der Waals surface area (Å²) in [6.07, 6.45) is 20.0. The van der Waals surface area contributed by atoms with Crippen LogP contribution in [-0.4, -0.2) is 50.8 Å². The summed E-state index contributed by atoms with van der Waals surface area (Å²) >= 11 is 5.62. The Hall–Kier alpha value is 0.500. The fourth-order valence-electron chi connectivity index (χ4n) is 3.31. The van der Waals surface area contributed by atoms with Crippen LogP contribution in [0.4, 0.5) is 0 Å². The van der Waals surface area contributed by atoms with Gasteiger partial charge in [0.25, 0.3) is 0 Å². The monoisotopic (exact) mass is 411 g/mol. The molecule has 0 aromatic rings. The van der Waals surface area contributed by atoms with Crippen molar-refractivity contribution in [1.82, 2.24) is 0 Å². The molecule has 0 amide bonds. The number of rotatable bonds is 20. The van der Waals surface area contributed by atoms with Crippen molar-refractivity contribution in [2.24, 2.45) is 0 Å². The minimum Gasteiger partial charge on any atom is -1.00 e. The molecule has 26 heavy (non-hydrogen) atoms. The van der Waals surface area contributed by atoms with Gasteiger partial charge in [0, 0.05) is 5.88 Å². The van der Waals surface area contributed by atoms with E-state index in [0.29, 0.717) is 12.5 Å². The van der Waals surface area contributed by atoms with Crippen molar-refractivity contribution in [1.29, 1.82) is 0 Å². The molecule has 0 spiro atoms. The van der Waals surface area contributed by atoms with E-state index in [2.05, 4.69) is 21.0 Å². The van der Waals surface area contributed by atoms with Crippen LogP contribution in [0.25, 0.3) is 0 Å². The Balaban J connectivity index is 0. The van der Waals surface area contributed by atoms with Crippen LogP contribution < -0.4 is 12.4 Å². The maximum Gasteiger partial charge on any atom is 0.102 e. The predicted molar refractivity (Wildman–Crippen MR) is 114 cm³/mol. The van der Waals surface area contributed by atoms with Crippen LogP contribution in [0.15, 0.2) is 0 Å². The van der Waals surface area contributed by atoms with E-state index in [0.717, 1.165) is 17.6 Å². The zero-order valence-corrected chi connectivity index (χ0v) is 19.6. The normalized spacial score (nSPS) is 11.5. The van der Waals surface area contributed by atoms with E-state index in [1.165, 1.54) is 96.4 Å². The average Bonchev–Trinajstić information content (AvgIpc) is 2.59. The molecular weight excluding hydrogens is 365 g/mol. The zero-order chi connectivity index (χ0) is 18.6. The van der Waals surface area contributed by atoms with E-state index >= 15 is 0 Å². The molecule has 0 saturated heterocycles. The number of quaternary nitrogens is 1. The van der Waals surface area contributed by atoms with Crippen LogP contribution in [0.3, 0.4) is 0 Å². The number of halogens is 2. The van der Waals surface area contributed by atoms with Crippen LogP contribution in [0.5, 0.6) is 0 Å². The van der Waals surface area contributed by atoms with Crippen molar-refractivity contribution in [3.8, 4) is 0 Å². The van der Waals surface area contributed by atoms with Crippen LogP contribution in [0.1, 0.15) is 96.8 Å². The fourth-order valence-corrected chi connectivity index (χ4v) is 3.42. The highest BCUT2D eigenvalue weighted by Crippen LogP contribution is 2.13. The van der Waals surface area contributed by atoms with E-state index in [1.54, 1.807) is 0 Å². The Morgan fingerprint density at radius 3 is 1.46 bits per heavy atom. The second kappa shape index (κ2) is 21.8. The zero-order valence-electron chi connectivity index (χ0n) is 18.0. The highest BCUT2D eigenvalue weighted by molar-refractivity contribution is 6.17. The first-order chi connectivity index (χ1) is 12.1. The smallest absolute Gasteiger partial charge is 0.102 e. The molecule has 0 unspecified atom stereocenters. The number of nitrogens with zero attached hydrogens (tertiary/aromatic N) is 1. The summed E-state index contributed by atoms with van der Waals surface area (Å²) in [6, 6.07) is 0. The van der Waals surface area contributed by atoms with Crippen LogP contribution in [0.2, 0.25) is 0 Å². The molecule has 160 valence electrons. The summed E-state index contributed by atoms with van der Waals surface area (Å²) in [5, 5.41) is 0. The first-order valence-electron chi connectivity index (χ1n) is 11.1. The Labute approximate surface area is 176 Å². The molecule has 0 aliphatic heterocycles. The van der Waals surface area contributed by atoms with E-state index < -0.39 is 0 Å². The van der Waals surface area contributed by atoms with Gasteiger partial charge in [-0.15, -0.1) is 11.6 Å². The van der Waals surface area contributed by atoms with Crippen molar-refractivity contribution < 1.29 is 21.6 Å². The summed E-state index contributed by atoms with van der Waals surface area (Å²) in [7, 11) is 4.62. The number of alkyl halides is 1. The Kier molecular flexibility index (Phi) is 24.1. The number of hydrogen-bond donors (Lipinski definition) is 0. The van der Waals surface area contributed by atoms with E-state index in [1.807, 2.05) is 0 Å². The Bertz CT molecular complexity index is 263. The van der Waals surface area contributed by atoms with Crippen molar-refractivity contribution in [3.05, 3.63) is 0 Å². The first-order valence-corrected chi connectivity index (χ1v) is 11.6. The minimum absolute atomic E-state index is 0. The van der Waals surface area contributed by atoms with E-state index in [-0.39, 0.29) is 12.4 Å². The first kappa shape index (κ1) is 28.7. The van der Waals surface area contributed by atoms with E-state index in [9.17, 15) is 0 Å². The maximum atomic E-state index is 5.62. The number of ether oxygens (including phenoxy) is 1. The molecule has 0 N–H and O–H groups in total. The van der Waals surface area contributed by atoms with Gasteiger partial charge in [0.15, 0.2) is 0 Å². The summed E-state index contributed by atoms with van der Waals surface area (Å²) in [6.45, 7) is 6.16. The lowest BCUT2D eigenvalue weighted by Crippen LogP contribution is -3.00. The molecule has 0 rings (SSSR count). The lowest BCUT2D eigenvalue weighted by molar-refractivity contribution is -0.890. The Morgan fingerprint density at radius 2 is 1.04 bits per heavy atom. The highest BCUT2D eigenvalue weighted by atomic mass is 35.5. The van der Waals surface area contributed by atoms with Crippen LogP contribution in [0, 0.1) is 0 Å². The second-order valence-corrected chi connectivity index (χ2v) is 8.66. The van der Waals surface area contributed by atoms with Gasteiger partial charge in [0.1, 0.15) is 6.54 Å². The molecule has 0 aliphatic rings. The quantitative estimate of drug-likeness (QED) is 0.168. The summed E-state index contributed by atoms with van der Waals surface area (Å²) in [4.78, 5) is 0. The van der Waals surface area contributed by atoms with Gasteiger partial charge in [0.2, 0.25) is 0 Å². The Morgan fingerprint density at radius 1 is 0.615 bits per heavy atom. The number of likely N-dealkylation sites (N-methyl/N-ethyl adjacent to an activating group) is 1. The van der Waals surface area contributed by atoms with Crippen molar-refractivity contribution >= 4 is 11.6 Å². The molecule has 0 fully saturated rings. The molecule has 0 radical (unpaired) electrons. The average molecular weight is 413 g/mol. The molecule has 0 aliphatic carbocycles. The molecule has 0 bridgehead atoms. The molecule has 0 aromatic heterocycles. The van der Waals surface area contributed by atoms with Gasteiger partial charge in [-0.05, 0) is 12.8 Å². The molecule has 0 aromatic carbocycles. The summed E-state index contributed by atoms with van der Waals surface area (Å²) in [5.41, 5.74) is 0. The largest absolute Gasteiger partial charge is 1.00 e. The van der Waals surface area contributed by atoms with Gasteiger partial charge >= 0.3 is 0 Å². The topological polar surface area (TPSA) is 9.23 Å².